The predicted octanol–water partition coefficient (Wildman–Crippen LogP) is -1.67. The fourth-order valence-corrected chi connectivity index (χ4v) is 0. The number of rotatable bonds is 2. The lowest BCUT2D eigenvalue weighted by Gasteiger charge is -1.93. The molecule has 1 amide bonds. The second kappa shape index (κ2) is 8.24. The van der Waals surface area contributed by atoms with Crippen LogP contribution in [0.2, 0.25) is 0 Å². The van der Waals surface area contributed by atoms with Crippen molar-refractivity contribution in [3.63, 3.8) is 0 Å². The van der Waals surface area contributed by atoms with E-state index < -0.39 is 17.3 Å². The van der Waals surface area contributed by atoms with E-state index in [-0.39, 0.29) is 0 Å². The van der Waals surface area contributed by atoms with Crippen molar-refractivity contribution in [2.24, 2.45) is 11.6 Å². The van der Waals surface area contributed by atoms with E-state index >= 15 is 0 Å². The molecule has 10 heavy (non-hydrogen) atoms. The van der Waals surface area contributed by atoms with E-state index in [0.717, 1.165) is 6.08 Å². The zero-order valence-corrected chi connectivity index (χ0v) is 5.80. The fourth-order valence-electron chi connectivity index (χ4n) is 0. The Balaban J connectivity index is 0. The van der Waals surface area contributed by atoms with Gasteiger partial charge in [0, 0.05) is 0 Å². The first-order valence-electron chi connectivity index (χ1n) is 1.93. The minimum atomic E-state index is -2.54. The molecule has 0 bridgehead atoms. The van der Waals surface area contributed by atoms with Gasteiger partial charge in [-0.3, -0.25) is 4.79 Å². The maximum absolute atomic E-state index is 9.47. The Bertz CT molecular complexity index is 136. The molecule has 0 rings (SSSR count). The molecule has 0 aliphatic rings. The van der Waals surface area contributed by atoms with Crippen molar-refractivity contribution < 1.29 is 17.8 Å². The van der Waals surface area contributed by atoms with Crippen molar-refractivity contribution in [3.8, 4) is 0 Å². The molecule has 0 radical (unpaired) electrons. The second-order valence-electron chi connectivity index (χ2n) is 0.907. The van der Waals surface area contributed by atoms with Crippen LogP contribution in [-0.2, 0) is 20.4 Å². The van der Waals surface area contributed by atoms with Gasteiger partial charge in [0.15, 0.2) is 0 Å². The number of carbonyl (C=O) groups excluding carboxylic acids is 1. The average Bonchev–Trinajstić information content (AvgIpc) is 1.89. The molecule has 0 fully saturated rings. The van der Waals surface area contributed by atoms with Crippen molar-refractivity contribution in [2.45, 2.75) is 0 Å². The zero-order valence-electron chi connectivity index (χ0n) is 4.98. The van der Waals surface area contributed by atoms with Gasteiger partial charge in [-0.2, -0.15) is 0 Å². The van der Waals surface area contributed by atoms with Gasteiger partial charge in [0.2, 0.25) is 5.91 Å². The minimum Gasteiger partial charge on any atom is -0.748 e. The number of nitrogens with two attached hydrogens (primary N) is 2. The normalized spacial score (nSPS) is 10.6. The molecule has 6 nitrogen and oxygen atoms in total. The number of hydrogen-bond donors (Lipinski definition) is 2. The first-order chi connectivity index (χ1) is 4.54. The van der Waals surface area contributed by atoms with Crippen LogP contribution in [0, 0.1) is 0 Å². The van der Waals surface area contributed by atoms with Crippen LogP contribution in [0.5, 0.6) is 0 Å². The summed E-state index contributed by atoms with van der Waals surface area (Å²) in [6.45, 7) is 3.09. The highest BCUT2D eigenvalue weighted by molar-refractivity contribution is 7.74. The summed E-state index contributed by atoms with van der Waals surface area (Å²) in [5.41, 5.74) is 4.53. The molecule has 0 aromatic rings. The molecule has 1 unspecified atom stereocenters. The monoisotopic (exact) mass is 167 g/mol. The third-order valence-electron chi connectivity index (χ3n) is 0.280. The molecule has 0 aromatic heterocycles. The van der Waals surface area contributed by atoms with Crippen LogP contribution in [0.4, 0.5) is 0 Å². The van der Waals surface area contributed by atoms with Crippen molar-refractivity contribution in [3.05, 3.63) is 12.7 Å². The van der Waals surface area contributed by atoms with Gasteiger partial charge in [-0.05, 0) is 6.08 Å². The number of carbonyl (C=O) groups is 1. The Kier molecular flexibility index (Phi) is 9.86. The lowest BCUT2D eigenvalue weighted by atomic mass is 10.6. The molecular formula is C3H7N2O4S-. The summed E-state index contributed by atoms with van der Waals surface area (Å²) >= 11 is -2.54. The van der Waals surface area contributed by atoms with E-state index in [1.807, 2.05) is 0 Å². The molecule has 60 valence electrons. The predicted molar refractivity (Wildman–Crippen MR) is 33.6 cm³/mol. The standard InChI is InChI=1S/C3H5NO.H3NO3S/c1-2-3(4)5;1-4-5(2)3/h2H,1H2,(H2,4,5);1H2,(H,2,3)/p-1. The van der Waals surface area contributed by atoms with Crippen LogP contribution in [0.3, 0.4) is 0 Å². The first kappa shape index (κ1) is 12.0. The Morgan fingerprint density at radius 1 is 1.80 bits per heavy atom. The van der Waals surface area contributed by atoms with Gasteiger partial charge in [0.25, 0.3) is 0 Å². The van der Waals surface area contributed by atoms with Gasteiger partial charge in [-0.15, -0.1) is 0 Å². The number of hydrogen-bond acceptors (Lipinski definition) is 5. The Morgan fingerprint density at radius 2 is 2.00 bits per heavy atom. The Labute approximate surface area is 60.3 Å². The van der Waals surface area contributed by atoms with Crippen molar-refractivity contribution in [2.75, 3.05) is 0 Å². The van der Waals surface area contributed by atoms with Crippen LogP contribution in [-0.4, -0.2) is 14.7 Å². The maximum atomic E-state index is 9.47. The van der Waals surface area contributed by atoms with Crippen LogP contribution in [0.15, 0.2) is 12.7 Å². The molecule has 0 aromatic carbocycles. The molecule has 0 heterocycles. The minimum absolute atomic E-state index is 0.481. The average molecular weight is 167 g/mol. The molecule has 0 saturated heterocycles. The lowest BCUT2D eigenvalue weighted by Crippen LogP contribution is -2.04. The van der Waals surface area contributed by atoms with Gasteiger partial charge >= 0.3 is 0 Å². The summed E-state index contributed by atoms with van der Waals surface area (Å²) in [4.78, 5) is 9.47. The topological polar surface area (TPSA) is 118 Å². The van der Waals surface area contributed by atoms with Gasteiger partial charge < -0.3 is 10.3 Å². The summed E-state index contributed by atoms with van der Waals surface area (Å²) in [7, 11) is 0. The first-order valence-corrected chi connectivity index (χ1v) is 2.93. The van der Waals surface area contributed by atoms with Crippen molar-refractivity contribution >= 4 is 17.3 Å². The highest BCUT2D eigenvalue weighted by Crippen LogP contribution is 1.58. The van der Waals surface area contributed by atoms with E-state index in [0.29, 0.717) is 0 Å². The van der Waals surface area contributed by atoms with Gasteiger partial charge in [-0.1, -0.05) is 6.58 Å². The smallest absolute Gasteiger partial charge is 0.240 e. The maximum Gasteiger partial charge on any atom is 0.240 e. The van der Waals surface area contributed by atoms with Gasteiger partial charge in [0.05, 0.1) is 0 Å². The summed E-state index contributed by atoms with van der Waals surface area (Å²) < 4.78 is 21.2. The zero-order chi connectivity index (χ0) is 8.57. The summed E-state index contributed by atoms with van der Waals surface area (Å²) in [6.07, 6.45) is 1.06. The summed E-state index contributed by atoms with van der Waals surface area (Å²) in [6, 6.07) is 0. The second-order valence-corrected chi connectivity index (χ2v) is 1.51. The molecular weight excluding hydrogens is 160 g/mol. The van der Waals surface area contributed by atoms with E-state index in [1.165, 1.54) is 0 Å². The highest BCUT2D eigenvalue weighted by Gasteiger charge is 1.69. The molecule has 0 aliphatic heterocycles. The molecule has 0 spiro atoms. The van der Waals surface area contributed by atoms with Gasteiger partial charge in [0.1, 0.15) is 11.4 Å². The van der Waals surface area contributed by atoms with E-state index in [1.54, 1.807) is 0 Å². The van der Waals surface area contributed by atoms with Crippen molar-refractivity contribution in [1.29, 1.82) is 0 Å². The molecule has 0 aliphatic carbocycles. The Hall–Kier alpha value is -0.760. The van der Waals surface area contributed by atoms with E-state index in [9.17, 15) is 4.79 Å². The lowest BCUT2D eigenvalue weighted by molar-refractivity contribution is -0.113. The molecule has 7 heteroatoms. The van der Waals surface area contributed by atoms with Crippen LogP contribution < -0.4 is 11.6 Å². The molecule has 4 N–H and O–H groups in total. The number of primary amides is 1. The van der Waals surface area contributed by atoms with Crippen LogP contribution in [0.25, 0.3) is 0 Å². The summed E-state index contributed by atoms with van der Waals surface area (Å²) in [5.74, 6) is 3.58. The van der Waals surface area contributed by atoms with Crippen LogP contribution >= 0.6 is 0 Å². The molecule has 1 atom stereocenters. The Morgan fingerprint density at radius 3 is 2.00 bits per heavy atom. The van der Waals surface area contributed by atoms with Crippen molar-refractivity contribution in [1.82, 2.24) is 0 Å². The SMILES string of the molecule is C=CC(N)=O.NOS(=O)[O-]. The van der Waals surface area contributed by atoms with Gasteiger partial charge in [-0.25, -0.2) is 14.4 Å². The highest BCUT2D eigenvalue weighted by atomic mass is 32.2. The number of amides is 1. The fraction of sp³-hybridized carbons (Fsp3) is 0. The third kappa shape index (κ3) is 26.9. The largest absolute Gasteiger partial charge is 0.748 e. The van der Waals surface area contributed by atoms with Crippen LogP contribution in [0.1, 0.15) is 0 Å². The summed E-state index contributed by atoms with van der Waals surface area (Å²) in [5, 5.41) is 0. The van der Waals surface area contributed by atoms with E-state index in [2.05, 4.69) is 22.5 Å². The quantitative estimate of drug-likeness (QED) is 0.289. The van der Waals surface area contributed by atoms with E-state index in [4.69, 9.17) is 8.76 Å². The third-order valence-corrected chi connectivity index (χ3v) is 0.437. The molecule has 0 saturated carbocycles.